The first-order chi connectivity index (χ1) is 6.42. The predicted octanol–water partition coefficient (Wildman–Crippen LogP) is 1.56. The van der Waals surface area contributed by atoms with Crippen LogP contribution in [0.4, 0.5) is 0 Å². The maximum Gasteiger partial charge on any atom is 0.162 e. The van der Waals surface area contributed by atoms with Crippen molar-refractivity contribution in [2.45, 2.75) is 32.8 Å². The third kappa shape index (κ3) is 17.1. The summed E-state index contributed by atoms with van der Waals surface area (Å²) in [6.07, 6.45) is -0.907. The molecule has 0 aliphatic rings. The Morgan fingerprint density at radius 2 is 1.67 bits per heavy atom. The maximum absolute atomic E-state index is 8.81. The standard InChI is InChI=1S/C6H5.C5H12O3.Sm/c1-2-4-6-5-3-1;1-4(6)8-5(2,3)7;/h1-5H;4,6-7H,1-3H3;/q-1;;. The molecule has 0 aliphatic heterocycles. The van der Waals surface area contributed by atoms with E-state index in [1.165, 1.54) is 20.8 Å². The summed E-state index contributed by atoms with van der Waals surface area (Å²) in [4.78, 5) is 0. The van der Waals surface area contributed by atoms with Gasteiger partial charge in [0.2, 0.25) is 0 Å². The number of aliphatic hydroxyl groups excluding tert-OH is 1. The summed E-state index contributed by atoms with van der Waals surface area (Å²) in [6, 6.07) is 12.5. The molecule has 1 atom stereocenters. The number of hydrogen-bond acceptors (Lipinski definition) is 3. The van der Waals surface area contributed by atoms with E-state index >= 15 is 0 Å². The van der Waals surface area contributed by atoms with Crippen molar-refractivity contribution in [3.8, 4) is 0 Å². The summed E-state index contributed by atoms with van der Waals surface area (Å²) in [5, 5.41) is 17.3. The van der Waals surface area contributed by atoms with Gasteiger partial charge in [0.15, 0.2) is 12.1 Å². The molecule has 0 heterocycles. The quantitative estimate of drug-likeness (QED) is 0.630. The molecule has 0 amide bonds. The molecule has 1 unspecified atom stereocenters. The molecule has 0 saturated carbocycles. The Morgan fingerprint density at radius 3 is 1.73 bits per heavy atom. The van der Waals surface area contributed by atoms with E-state index in [1.807, 2.05) is 30.3 Å². The van der Waals surface area contributed by atoms with Crippen LogP contribution in [0.15, 0.2) is 30.3 Å². The van der Waals surface area contributed by atoms with Crippen molar-refractivity contribution < 1.29 is 55.3 Å². The molecule has 1 rings (SSSR count). The zero-order chi connectivity index (χ0) is 11.0. The zero-order valence-corrected chi connectivity index (χ0v) is 11.8. The van der Waals surface area contributed by atoms with Gasteiger partial charge in [-0.3, -0.25) is 0 Å². The Hall–Kier alpha value is 0.438. The van der Waals surface area contributed by atoms with Crippen molar-refractivity contribution in [3.63, 3.8) is 0 Å². The van der Waals surface area contributed by atoms with E-state index in [9.17, 15) is 0 Å². The predicted molar refractivity (Wildman–Crippen MR) is 54.3 cm³/mol. The largest absolute Gasteiger partial charge is 0.368 e. The molecule has 0 aliphatic carbocycles. The average molecular weight is 348 g/mol. The molecular formula is C11H17O3Sm-. The van der Waals surface area contributed by atoms with Gasteiger partial charge in [0.25, 0.3) is 0 Å². The Bertz CT molecular complexity index is 192. The van der Waals surface area contributed by atoms with E-state index in [0.717, 1.165) is 0 Å². The number of ether oxygens (including phenoxy) is 1. The van der Waals surface area contributed by atoms with Gasteiger partial charge < -0.3 is 14.9 Å². The minimum absolute atomic E-state index is 0. The fourth-order valence-corrected chi connectivity index (χ4v) is 0.759. The van der Waals surface area contributed by atoms with Crippen LogP contribution in [0.3, 0.4) is 0 Å². The molecule has 0 aromatic heterocycles. The first-order valence-corrected chi connectivity index (χ1v) is 4.41. The Kier molecular flexibility index (Phi) is 11.5. The fourth-order valence-electron chi connectivity index (χ4n) is 0.759. The fraction of sp³-hybridized carbons (Fsp3) is 0.455. The topological polar surface area (TPSA) is 49.7 Å². The van der Waals surface area contributed by atoms with Gasteiger partial charge in [0.05, 0.1) is 0 Å². The van der Waals surface area contributed by atoms with Gasteiger partial charge in [-0.05, 0) is 20.8 Å². The molecule has 0 spiro atoms. The molecule has 1 aromatic carbocycles. The van der Waals surface area contributed by atoms with Crippen LogP contribution in [0.1, 0.15) is 20.8 Å². The second kappa shape index (κ2) is 9.65. The molecule has 15 heavy (non-hydrogen) atoms. The van der Waals surface area contributed by atoms with Crippen LogP contribution in [0.5, 0.6) is 0 Å². The van der Waals surface area contributed by atoms with E-state index in [-0.39, 0.29) is 40.4 Å². The summed E-state index contributed by atoms with van der Waals surface area (Å²) in [7, 11) is 0. The number of benzene rings is 1. The SMILES string of the molecule is CC(O)OC(C)(C)O.[Sm].[c-]1ccccc1. The molecule has 1 aromatic rings. The van der Waals surface area contributed by atoms with Crippen molar-refractivity contribution >= 4 is 0 Å². The normalized spacial score (nSPS) is 11.8. The van der Waals surface area contributed by atoms with Crippen molar-refractivity contribution in [1.82, 2.24) is 0 Å². The minimum atomic E-state index is -1.23. The van der Waals surface area contributed by atoms with Crippen LogP contribution in [-0.4, -0.2) is 22.3 Å². The van der Waals surface area contributed by atoms with Crippen LogP contribution < -0.4 is 0 Å². The molecule has 0 saturated heterocycles. The van der Waals surface area contributed by atoms with E-state index in [1.54, 1.807) is 0 Å². The zero-order valence-electron chi connectivity index (χ0n) is 9.18. The van der Waals surface area contributed by atoms with Gasteiger partial charge in [0.1, 0.15) is 0 Å². The summed E-state index contributed by atoms with van der Waals surface area (Å²) in [5.74, 6) is -1.23. The molecule has 4 heteroatoms. The summed E-state index contributed by atoms with van der Waals surface area (Å²) in [5.41, 5.74) is 0. The Labute approximate surface area is 124 Å². The third-order valence-electron chi connectivity index (χ3n) is 1.07. The number of rotatable bonds is 2. The van der Waals surface area contributed by atoms with Crippen LogP contribution in [-0.2, 0) is 4.74 Å². The van der Waals surface area contributed by atoms with Gasteiger partial charge in [0, 0.05) is 40.4 Å². The molecule has 0 bridgehead atoms. The van der Waals surface area contributed by atoms with Crippen LogP contribution in [0, 0.1) is 46.5 Å². The van der Waals surface area contributed by atoms with E-state index in [0.29, 0.717) is 0 Å². The Balaban J connectivity index is 0. The van der Waals surface area contributed by atoms with Crippen molar-refractivity contribution in [3.05, 3.63) is 36.4 Å². The van der Waals surface area contributed by atoms with Crippen LogP contribution in [0.25, 0.3) is 0 Å². The van der Waals surface area contributed by atoms with E-state index in [2.05, 4.69) is 10.8 Å². The van der Waals surface area contributed by atoms with Gasteiger partial charge >= 0.3 is 0 Å². The minimum Gasteiger partial charge on any atom is -0.368 e. The summed E-state index contributed by atoms with van der Waals surface area (Å²) < 4.78 is 4.55. The van der Waals surface area contributed by atoms with Crippen LogP contribution >= 0.6 is 0 Å². The Morgan fingerprint density at radius 1 is 1.20 bits per heavy atom. The van der Waals surface area contributed by atoms with E-state index in [4.69, 9.17) is 10.2 Å². The molecule has 0 radical (unpaired) electrons. The third-order valence-corrected chi connectivity index (χ3v) is 1.07. The van der Waals surface area contributed by atoms with Gasteiger partial charge in [-0.1, -0.05) is 0 Å². The summed E-state index contributed by atoms with van der Waals surface area (Å²) >= 11 is 0. The van der Waals surface area contributed by atoms with Gasteiger partial charge in [-0.2, -0.15) is 36.4 Å². The van der Waals surface area contributed by atoms with Crippen molar-refractivity contribution in [2.24, 2.45) is 0 Å². The van der Waals surface area contributed by atoms with E-state index < -0.39 is 12.1 Å². The molecular weight excluding hydrogens is 330 g/mol. The molecule has 0 fully saturated rings. The second-order valence-electron chi connectivity index (χ2n) is 3.24. The number of aliphatic hydroxyl groups is 2. The summed E-state index contributed by atoms with van der Waals surface area (Å²) in [6.45, 7) is 4.36. The molecule has 3 nitrogen and oxygen atoms in total. The van der Waals surface area contributed by atoms with Gasteiger partial charge in [-0.15, -0.1) is 0 Å². The smallest absolute Gasteiger partial charge is 0.162 e. The van der Waals surface area contributed by atoms with Crippen LogP contribution in [0.2, 0.25) is 0 Å². The first kappa shape index (κ1) is 17.8. The maximum atomic E-state index is 8.81. The first-order valence-electron chi connectivity index (χ1n) is 4.41. The molecule has 86 valence electrons. The second-order valence-corrected chi connectivity index (χ2v) is 3.24. The van der Waals surface area contributed by atoms with Crippen molar-refractivity contribution in [1.29, 1.82) is 0 Å². The van der Waals surface area contributed by atoms with Crippen molar-refractivity contribution in [2.75, 3.05) is 0 Å². The number of hydrogen-bond donors (Lipinski definition) is 2. The average Bonchev–Trinajstić information content (AvgIpc) is 2.03. The molecule has 2 N–H and O–H groups in total. The van der Waals surface area contributed by atoms with Gasteiger partial charge in [-0.25, -0.2) is 0 Å². The monoisotopic (exact) mass is 349 g/mol.